The monoisotopic (exact) mass is 450 g/mol. The van der Waals surface area contributed by atoms with Crippen LogP contribution in [0.5, 0.6) is 0 Å². The zero-order valence-corrected chi connectivity index (χ0v) is 16.6. The average molecular weight is 450 g/mol. The highest BCUT2D eigenvalue weighted by Crippen LogP contribution is 2.39. The third-order valence-corrected chi connectivity index (χ3v) is 6.11. The van der Waals surface area contributed by atoms with E-state index < -0.39 is 35.4 Å². The quantitative estimate of drug-likeness (QED) is 0.662. The van der Waals surface area contributed by atoms with E-state index in [2.05, 4.69) is 0 Å². The number of carbonyl (C=O) groups is 1. The molecule has 1 saturated heterocycles. The number of rotatable bonds is 4. The fraction of sp³-hybridized carbons (Fsp3) is 0.450. The third kappa shape index (κ3) is 5.34. The lowest BCUT2D eigenvalue weighted by molar-refractivity contribution is -0.143. The molecule has 10 heteroatoms. The standard InChI is InChI=1S/C20H20F6N2OS/c21-19(22,23)14-8-13(9-15(10-14)20(24,25)26)12-3-5-28(6-4-12)18(29)17(27)11-16-2-1-7-30-16/h1-2,7-10,12,17H,3-6,11,27H2/t17-/m0/s1. The number of alkyl halides is 6. The van der Waals surface area contributed by atoms with Gasteiger partial charge in [0.05, 0.1) is 17.2 Å². The fourth-order valence-corrected chi connectivity index (χ4v) is 4.38. The van der Waals surface area contributed by atoms with Crippen LogP contribution >= 0.6 is 11.3 Å². The van der Waals surface area contributed by atoms with Gasteiger partial charge in [0, 0.05) is 24.4 Å². The second kappa shape index (κ2) is 8.58. The van der Waals surface area contributed by atoms with Crippen LogP contribution in [0.15, 0.2) is 35.7 Å². The summed E-state index contributed by atoms with van der Waals surface area (Å²) in [4.78, 5) is 15.0. The molecule has 1 amide bonds. The number of nitrogens with two attached hydrogens (primary N) is 1. The normalized spacial score (nSPS) is 17.2. The van der Waals surface area contributed by atoms with Gasteiger partial charge >= 0.3 is 12.4 Å². The first-order valence-electron chi connectivity index (χ1n) is 9.31. The first kappa shape index (κ1) is 22.6. The summed E-state index contributed by atoms with van der Waals surface area (Å²) in [6.45, 7) is 0.471. The minimum atomic E-state index is -4.87. The van der Waals surface area contributed by atoms with Gasteiger partial charge in [0.25, 0.3) is 0 Å². The van der Waals surface area contributed by atoms with Gasteiger partial charge in [-0.1, -0.05) is 6.07 Å². The van der Waals surface area contributed by atoms with E-state index >= 15 is 0 Å². The molecule has 2 aromatic rings. The van der Waals surface area contributed by atoms with E-state index in [1.165, 1.54) is 16.2 Å². The number of hydrogen-bond donors (Lipinski definition) is 1. The van der Waals surface area contributed by atoms with Crippen molar-refractivity contribution >= 4 is 17.2 Å². The van der Waals surface area contributed by atoms with E-state index in [0.29, 0.717) is 6.42 Å². The molecule has 1 aromatic heterocycles. The molecule has 164 valence electrons. The average Bonchev–Trinajstić information content (AvgIpc) is 3.19. The van der Waals surface area contributed by atoms with Crippen molar-refractivity contribution in [3.05, 3.63) is 57.3 Å². The molecule has 0 aliphatic carbocycles. The molecule has 3 rings (SSSR count). The highest BCUT2D eigenvalue weighted by atomic mass is 32.1. The van der Waals surface area contributed by atoms with Crippen LogP contribution in [0.2, 0.25) is 0 Å². The second-order valence-electron chi connectivity index (χ2n) is 7.33. The molecule has 0 radical (unpaired) electrons. The molecule has 1 aromatic carbocycles. The van der Waals surface area contributed by atoms with E-state index in [0.717, 1.165) is 17.0 Å². The highest BCUT2D eigenvalue weighted by Gasteiger charge is 2.38. The van der Waals surface area contributed by atoms with Crippen molar-refractivity contribution in [1.29, 1.82) is 0 Å². The number of hydrogen-bond acceptors (Lipinski definition) is 3. The zero-order valence-electron chi connectivity index (χ0n) is 15.8. The lowest BCUT2D eigenvalue weighted by Crippen LogP contribution is -2.47. The lowest BCUT2D eigenvalue weighted by atomic mass is 9.87. The van der Waals surface area contributed by atoms with Crippen LogP contribution in [0.3, 0.4) is 0 Å². The minimum Gasteiger partial charge on any atom is -0.341 e. The van der Waals surface area contributed by atoms with Crippen molar-refractivity contribution < 1.29 is 31.1 Å². The molecular weight excluding hydrogens is 430 g/mol. The van der Waals surface area contributed by atoms with Crippen molar-refractivity contribution in [3.8, 4) is 0 Å². The Bertz CT molecular complexity index is 838. The summed E-state index contributed by atoms with van der Waals surface area (Å²) in [6, 6.07) is 4.68. The summed E-state index contributed by atoms with van der Waals surface area (Å²) in [7, 11) is 0. The Morgan fingerprint density at radius 1 is 1.07 bits per heavy atom. The molecular formula is C20H20F6N2OS. The predicted octanol–water partition coefficient (Wildman–Crippen LogP) is 5.06. The minimum absolute atomic E-state index is 0.00728. The maximum absolute atomic E-state index is 13.1. The predicted molar refractivity (Wildman–Crippen MR) is 101 cm³/mol. The smallest absolute Gasteiger partial charge is 0.341 e. The molecule has 2 heterocycles. The Hall–Kier alpha value is -2.07. The van der Waals surface area contributed by atoms with E-state index in [1.54, 1.807) is 0 Å². The largest absolute Gasteiger partial charge is 0.416 e. The van der Waals surface area contributed by atoms with Gasteiger partial charge in [0.2, 0.25) is 5.91 Å². The van der Waals surface area contributed by atoms with Gasteiger partial charge in [-0.25, -0.2) is 0 Å². The summed E-state index contributed by atoms with van der Waals surface area (Å²) in [5, 5.41) is 1.88. The summed E-state index contributed by atoms with van der Waals surface area (Å²) in [5.74, 6) is -0.757. The van der Waals surface area contributed by atoms with E-state index in [9.17, 15) is 31.1 Å². The van der Waals surface area contributed by atoms with Crippen LogP contribution in [-0.2, 0) is 23.6 Å². The SMILES string of the molecule is N[C@@H](Cc1cccs1)C(=O)N1CCC(c2cc(C(F)(F)F)cc(C(F)(F)F)c2)CC1. The number of carbonyl (C=O) groups excluding carboxylic acids is 1. The van der Waals surface area contributed by atoms with Crippen LogP contribution in [-0.4, -0.2) is 29.9 Å². The van der Waals surface area contributed by atoms with Crippen LogP contribution in [0.4, 0.5) is 26.3 Å². The van der Waals surface area contributed by atoms with E-state index in [1.807, 2.05) is 17.5 Å². The van der Waals surface area contributed by atoms with Gasteiger partial charge in [0.15, 0.2) is 0 Å². The van der Waals surface area contributed by atoms with Crippen LogP contribution < -0.4 is 5.73 Å². The van der Waals surface area contributed by atoms with Gasteiger partial charge in [-0.15, -0.1) is 11.3 Å². The number of halogens is 6. The van der Waals surface area contributed by atoms with Crippen LogP contribution in [0, 0.1) is 0 Å². The second-order valence-corrected chi connectivity index (χ2v) is 8.36. The number of nitrogens with zero attached hydrogens (tertiary/aromatic N) is 1. The van der Waals surface area contributed by atoms with Gasteiger partial charge in [-0.2, -0.15) is 26.3 Å². The Labute approximate surface area is 173 Å². The Kier molecular flexibility index (Phi) is 6.47. The molecule has 1 atom stereocenters. The molecule has 1 aliphatic heterocycles. The van der Waals surface area contributed by atoms with Gasteiger partial charge < -0.3 is 10.6 Å². The van der Waals surface area contributed by atoms with Gasteiger partial charge in [0.1, 0.15) is 0 Å². The molecule has 0 saturated carbocycles. The molecule has 0 spiro atoms. The summed E-state index contributed by atoms with van der Waals surface area (Å²) < 4.78 is 78.5. The Morgan fingerprint density at radius 3 is 2.10 bits per heavy atom. The molecule has 0 bridgehead atoms. The molecule has 2 N–H and O–H groups in total. The van der Waals surface area contributed by atoms with Crippen molar-refractivity contribution in [3.63, 3.8) is 0 Å². The number of likely N-dealkylation sites (tertiary alicyclic amines) is 1. The van der Waals surface area contributed by atoms with Crippen LogP contribution in [0.1, 0.15) is 40.3 Å². The van der Waals surface area contributed by atoms with E-state index in [-0.39, 0.29) is 43.5 Å². The maximum atomic E-state index is 13.1. The number of amides is 1. The van der Waals surface area contributed by atoms with Crippen molar-refractivity contribution in [2.24, 2.45) is 5.73 Å². The van der Waals surface area contributed by atoms with Crippen molar-refractivity contribution in [1.82, 2.24) is 4.90 Å². The number of thiophene rings is 1. The summed E-state index contributed by atoms with van der Waals surface area (Å²) in [6.07, 6.45) is -8.81. The number of benzene rings is 1. The molecule has 3 nitrogen and oxygen atoms in total. The first-order valence-corrected chi connectivity index (χ1v) is 10.2. The Balaban J connectivity index is 1.70. The highest BCUT2D eigenvalue weighted by molar-refractivity contribution is 7.09. The summed E-state index contributed by atoms with van der Waals surface area (Å²) in [5.41, 5.74) is 3.35. The molecule has 30 heavy (non-hydrogen) atoms. The van der Waals surface area contributed by atoms with Crippen LogP contribution in [0.25, 0.3) is 0 Å². The topological polar surface area (TPSA) is 46.3 Å². The first-order chi connectivity index (χ1) is 13.9. The zero-order chi connectivity index (χ0) is 22.1. The van der Waals surface area contributed by atoms with Crippen molar-refractivity contribution in [2.45, 2.75) is 43.6 Å². The van der Waals surface area contributed by atoms with Gasteiger partial charge in [-0.3, -0.25) is 4.79 Å². The molecule has 1 fully saturated rings. The number of piperidine rings is 1. The van der Waals surface area contributed by atoms with Gasteiger partial charge in [-0.05, 0) is 54.0 Å². The Morgan fingerprint density at radius 2 is 1.63 bits per heavy atom. The third-order valence-electron chi connectivity index (χ3n) is 5.21. The fourth-order valence-electron chi connectivity index (χ4n) is 3.62. The lowest BCUT2D eigenvalue weighted by Gasteiger charge is -2.34. The molecule has 1 aliphatic rings. The molecule has 0 unspecified atom stereocenters. The van der Waals surface area contributed by atoms with E-state index in [4.69, 9.17) is 5.73 Å². The maximum Gasteiger partial charge on any atom is 0.416 e. The summed E-state index contributed by atoms with van der Waals surface area (Å²) >= 11 is 1.48. The van der Waals surface area contributed by atoms with Crippen molar-refractivity contribution in [2.75, 3.05) is 13.1 Å².